The predicted octanol–water partition coefficient (Wildman–Crippen LogP) is 4.85. The highest BCUT2D eigenvalue weighted by molar-refractivity contribution is 6.31. The molecule has 1 fully saturated rings. The Bertz CT molecular complexity index is 1630. The van der Waals surface area contributed by atoms with Gasteiger partial charge in [0.25, 0.3) is 0 Å². The van der Waals surface area contributed by atoms with Crippen LogP contribution in [0.5, 0.6) is 5.75 Å². The summed E-state index contributed by atoms with van der Waals surface area (Å²) in [5.74, 6) is -1.37. The summed E-state index contributed by atoms with van der Waals surface area (Å²) in [7, 11) is 0. The molecule has 10 nitrogen and oxygen atoms in total. The monoisotopic (exact) mass is 580 g/mol. The highest BCUT2D eigenvalue weighted by Gasteiger charge is 2.29. The summed E-state index contributed by atoms with van der Waals surface area (Å²) in [5, 5.41) is 2.87. The zero-order valence-corrected chi connectivity index (χ0v) is 23.8. The molecule has 12 heteroatoms. The number of anilines is 1. The number of nitrogens with two attached hydrogens (primary N) is 1. The molecule has 0 saturated carbocycles. The molecule has 2 atom stereocenters. The molecule has 214 valence electrons. The fourth-order valence-corrected chi connectivity index (χ4v) is 5.26. The van der Waals surface area contributed by atoms with Crippen molar-refractivity contribution in [3.05, 3.63) is 70.4 Å². The summed E-state index contributed by atoms with van der Waals surface area (Å²) >= 11 is 6.43. The van der Waals surface area contributed by atoms with E-state index in [-0.39, 0.29) is 28.1 Å². The van der Waals surface area contributed by atoms with E-state index < -0.39 is 29.7 Å². The lowest BCUT2D eigenvalue weighted by molar-refractivity contribution is -0.140. The maximum atomic E-state index is 15.7. The zero-order chi connectivity index (χ0) is 29.4. The molecule has 41 heavy (non-hydrogen) atoms. The van der Waals surface area contributed by atoms with Crippen molar-refractivity contribution in [2.24, 2.45) is 0 Å². The zero-order valence-electron chi connectivity index (χ0n) is 23.1. The third-order valence-electron chi connectivity index (χ3n) is 6.99. The summed E-state index contributed by atoms with van der Waals surface area (Å²) in [6.45, 7) is 8.11. The van der Waals surface area contributed by atoms with Crippen molar-refractivity contribution in [3.8, 4) is 16.9 Å². The van der Waals surface area contributed by atoms with Crippen LogP contribution in [0.1, 0.15) is 67.1 Å². The van der Waals surface area contributed by atoms with Crippen molar-refractivity contribution < 1.29 is 23.5 Å². The summed E-state index contributed by atoms with van der Waals surface area (Å²) in [4.78, 5) is 37.9. The maximum absolute atomic E-state index is 15.7. The minimum Gasteiger partial charge on any atom is -0.490 e. The van der Waals surface area contributed by atoms with Gasteiger partial charge < -0.3 is 20.5 Å². The van der Waals surface area contributed by atoms with Crippen LogP contribution in [0, 0.1) is 12.7 Å². The van der Waals surface area contributed by atoms with E-state index in [4.69, 9.17) is 31.8 Å². The lowest BCUT2D eigenvalue weighted by Crippen LogP contribution is -2.34. The average Bonchev–Trinajstić information content (AvgIpc) is 3.59. The van der Waals surface area contributed by atoms with Crippen molar-refractivity contribution in [2.75, 3.05) is 12.3 Å². The molecule has 5 rings (SSSR count). The summed E-state index contributed by atoms with van der Waals surface area (Å²) in [6, 6.07) is 3.90. The number of aromatic nitrogens is 4. The fraction of sp³-hybridized carbons (Fsp3) is 0.345. The van der Waals surface area contributed by atoms with Crippen LogP contribution in [0.25, 0.3) is 16.6 Å². The Kier molecular flexibility index (Phi) is 7.92. The number of rotatable bonds is 7. The quantitative estimate of drug-likeness (QED) is 0.232. The number of nitrogen functional groups attached to an aromatic ring is 1. The molecule has 1 aliphatic heterocycles. The molecular weight excluding hydrogens is 551 g/mol. The Balaban J connectivity index is 1.55. The van der Waals surface area contributed by atoms with Crippen molar-refractivity contribution >= 4 is 34.9 Å². The van der Waals surface area contributed by atoms with Gasteiger partial charge in [0.2, 0.25) is 0 Å². The molecule has 3 N–H and O–H groups in total. The second kappa shape index (κ2) is 11.4. The summed E-state index contributed by atoms with van der Waals surface area (Å²) in [6.07, 6.45) is 5.80. The van der Waals surface area contributed by atoms with E-state index in [9.17, 15) is 9.59 Å². The minimum atomic E-state index is -0.884. The van der Waals surface area contributed by atoms with Crippen LogP contribution >= 0.6 is 11.6 Å². The summed E-state index contributed by atoms with van der Waals surface area (Å²) in [5.41, 5.74) is 8.42. The van der Waals surface area contributed by atoms with Gasteiger partial charge >= 0.3 is 11.9 Å². The first-order valence-electron chi connectivity index (χ1n) is 13.3. The highest BCUT2D eigenvalue weighted by Crippen LogP contribution is 2.44. The van der Waals surface area contributed by atoms with Crippen LogP contribution in [0.2, 0.25) is 5.02 Å². The Morgan fingerprint density at radius 3 is 2.68 bits per heavy atom. The van der Waals surface area contributed by atoms with Gasteiger partial charge in [0.15, 0.2) is 5.82 Å². The number of hydrogen-bond acceptors (Lipinski definition) is 9. The normalized spacial score (nSPS) is 15.8. The number of pyridine rings is 1. The third-order valence-corrected chi connectivity index (χ3v) is 7.27. The van der Waals surface area contributed by atoms with Gasteiger partial charge in [-0.05, 0) is 52.3 Å². The van der Waals surface area contributed by atoms with Gasteiger partial charge in [-0.3, -0.25) is 4.40 Å². The number of imidazole rings is 1. The van der Waals surface area contributed by atoms with Gasteiger partial charge in [-0.2, -0.15) is 0 Å². The number of carbonyl (C=O) groups excluding carboxylic acids is 2. The first kappa shape index (κ1) is 28.4. The molecular formula is C29H30ClFN6O4. The second-order valence-electron chi connectivity index (χ2n) is 10.2. The number of carbonyl (C=O) groups is 2. The van der Waals surface area contributed by atoms with Gasteiger partial charge in [-0.1, -0.05) is 24.6 Å². The van der Waals surface area contributed by atoms with Crippen LogP contribution in [0.3, 0.4) is 0 Å². The number of benzene rings is 1. The molecule has 3 aromatic heterocycles. The largest absolute Gasteiger partial charge is 0.490 e. The predicted molar refractivity (Wildman–Crippen MR) is 152 cm³/mol. The van der Waals surface area contributed by atoms with Crippen LogP contribution < -0.4 is 15.8 Å². The van der Waals surface area contributed by atoms with Gasteiger partial charge in [-0.15, -0.1) is 0 Å². The Morgan fingerprint density at radius 1 is 1.24 bits per heavy atom. The molecule has 1 aliphatic rings. The number of halogens is 2. The van der Waals surface area contributed by atoms with Crippen LogP contribution in [-0.4, -0.2) is 50.0 Å². The van der Waals surface area contributed by atoms with E-state index in [0.717, 1.165) is 6.42 Å². The number of aryl methyl sites for hydroxylation is 1. The Labute approximate surface area is 241 Å². The van der Waals surface area contributed by atoms with E-state index in [1.54, 1.807) is 12.4 Å². The lowest BCUT2D eigenvalue weighted by atomic mass is 9.93. The van der Waals surface area contributed by atoms with E-state index in [2.05, 4.69) is 15.3 Å². The molecule has 0 aliphatic carbocycles. The van der Waals surface area contributed by atoms with E-state index in [1.807, 2.05) is 32.1 Å². The van der Waals surface area contributed by atoms with Gasteiger partial charge in [0, 0.05) is 35.6 Å². The van der Waals surface area contributed by atoms with Gasteiger partial charge in [0.05, 0.1) is 22.4 Å². The van der Waals surface area contributed by atoms with E-state index >= 15 is 4.39 Å². The van der Waals surface area contributed by atoms with Crippen molar-refractivity contribution in [2.45, 2.75) is 58.6 Å². The van der Waals surface area contributed by atoms with Crippen molar-refractivity contribution in [3.63, 3.8) is 0 Å². The van der Waals surface area contributed by atoms with Crippen molar-refractivity contribution in [1.82, 2.24) is 24.7 Å². The van der Waals surface area contributed by atoms with E-state index in [1.165, 1.54) is 24.4 Å². The third kappa shape index (κ3) is 5.47. The molecule has 0 spiro atoms. The topological polar surface area (TPSA) is 134 Å². The number of nitrogens with one attached hydrogen (secondary N) is 1. The smallest absolute Gasteiger partial charge is 0.364 e. The minimum absolute atomic E-state index is 0.0884. The number of hydrogen-bond donors (Lipinski definition) is 2. The summed E-state index contributed by atoms with van der Waals surface area (Å²) < 4.78 is 28.8. The second-order valence-corrected chi connectivity index (χ2v) is 10.6. The molecule has 1 aromatic carbocycles. The molecule has 0 amide bonds. The van der Waals surface area contributed by atoms with Gasteiger partial charge in [-0.25, -0.2) is 28.9 Å². The molecule has 0 bridgehead atoms. The first-order valence-corrected chi connectivity index (χ1v) is 13.7. The molecule has 0 radical (unpaired) electrons. The fourth-order valence-electron chi connectivity index (χ4n) is 5.05. The molecule has 0 unspecified atom stereocenters. The maximum Gasteiger partial charge on any atom is 0.364 e. The average molecular weight is 581 g/mol. The SMILES string of the molecule is Cc1nc([C@@H](C)c2cc(Cl)c(F)c(-c3ccc(C(=O)OC(=O)[C@H]4CCCN4)nc3)c2OC(C)C)n2ccnc(N)c12. The number of esters is 2. The Morgan fingerprint density at radius 2 is 2.02 bits per heavy atom. The standard InChI is InChI=1S/C29H30ClFN6O4/c1-14(2)40-25-18(15(3)27-36-16(4)24-26(32)34-10-11-37(24)27)12-19(30)23(31)22(25)17-7-8-21(35-13-17)29(39)41-28(38)20-6-5-9-33-20/h7-8,10-15,20,33H,5-6,9H2,1-4H3,(H2,32,34)/t15-,20+/m0/s1. The van der Waals surface area contributed by atoms with Crippen molar-refractivity contribution in [1.29, 1.82) is 0 Å². The lowest BCUT2D eigenvalue weighted by Gasteiger charge is -2.23. The number of ether oxygens (including phenoxy) is 2. The van der Waals surface area contributed by atoms with E-state index in [0.29, 0.717) is 46.9 Å². The molecule has 1 saturated heterocycles. The first-order chi connectivity index (χ1) is 19.6. The molecule has 4 aromatic rings. The Hall–Kier alpha value is -4.09. The number of fused-ring (bicyclic) bond motifs is 1. The molecule has 4 heterocycles. The van der Waals surface area contributed by atoms with Crippen LogP contribution in [0.15, 0.2) is 36.8 Å². The number of nitrogens with zero attached hydrogens (tertiary/aromatic N) is 4. The highest BCUT2D eigenvalue weighted by atomic mass is 35.5. The van der Waals surface area contributed by atoms with Crippen LogP contribution in [0.4, 0.5) is 10.2 Å². The van der Waals surface area contributed by atoms with Crippen LogP contribution in [-0.2, 0) is 9.53 Å². The van der Waals surface area contributed by atoms with Gasteiger partial charge in [0.1, 0.15) is 34.6 Å².